The van der Waals surface area contributed by atoms with Gasteiger partial charge in [0.05, 0.1) is 18.7 Å². The third-order valence-corrected chi connectivity index (χ3v) is 3.88. The molecule has 0 N–H and O–H groups in total. The van der Waals surface area contributed by atoms with Gasteiger partial charge in [0.15, 0.2) is 0 Å². The van der Waals surface area contributed by atoms with E-state index in [9.17, 15) is 10.1 Å². The zero-order chi connectivity index (χ0) is 16.4. The Balaban J connectivity index is 2.25. The maximum atomic E-state index is 11.7. The Labute approximate surface area is 134 Å². The zero-order valence-corrected chi connectivity index (χ0v) is 12.9. The highest BCUT2D eigenvalue weighted by molar-refractivity contribution is 5.93. The molecule has 0 amide bonds. The van der Waals surface area contributed by atoms with Gasteiger partial charge in [0.25, 0.3) is 0 Å². The van der Waals surface area contributed by atoms with Gasteiger partial charge < -0.3 is 9.47 Å². The quantitative estimate of drug-likeness (QED) is 0.595. The second kappa shape index (κ2) is 5.98. The highest BCUT2D eigenvalue weighted by Gasteiger charge is 2.22. The first-order valence-electron chi connectivity index (χ1n) is 7.20. The minimum atomic E-state index is -0.416. The number of nitrogens with zero attached hydrogens (tertiary/aromatic N) is 1. The largest absolute Gasteiger partial charge is 0.488 e. The summed E-state index contributed by atoms with van der Waals surface area (Å²) in [6, 6.07) is 15.2. The first kappa shape index (κ1) is 14.9. The Morgan fingerprint density at radius 2 is 2.00 bits per heavy atom. The summed E-state index contributed by atoms with van der Waals surface area (Å²) in [5.41, 5.74) is 4.67. The second-order valence-corrected chi connectivity index (χ2v) is 5.26. The van der Waals surface area contributed by atoms with E-state index in [1.807, 2.05) is 24.3 Å². The van der Waals surface area contributed by atoms with E-state index in [-0.39, 0.29) is 0 Å². The molecule has 0 aromatic heterocycles. The normalized spacial score (nSPS) is 14.5. The van der Waals surface area contributed by atoms with E-state index >= 15 is 0 Å². The first-order valence-corrected chi connectivity index (χ1v) is 7.20. The van der Waals surface area contributed by atoms with Gasteiger partial charge in [-0.1, -0.05) is 24.3 Å². The molecule has 3 rings (SSSR count). The number of hydrogen-bond donors (Lipinski definition) is 0. The van der Waals surface area contributed by atoms with Crippen molar-refractivity contribution in [3.63, 3.8) is 0 Å². The van der Waals surface area contributed by atoms with E-state index in [4.69, 9.17) is 9.47 Å². The number of esters is 1. The van der Waals surface area contributed by atoms with Crippen molar-refractivity contribution < 1.29 is 14.3 Å². The summed E-state index contributed by atoms with van der Waals surface area (Å²) in [5, 5.41) is 9.39. The van der Waals surface area contributed by atoms with Crippen molar-refractivity contribution >= 4 is 11.5 Å². The van der Waals surface area contributed by atoms with Crippen molar-refractivity contribution in [1.82, 2.24) is 0 Å². The van der Waals surface area contributed by atoms with Crippen molar-refractivity contribution in [2.24, 2.45) is 0 Å². The summed E-state index contributed by atoms with van der Waals surface area (Å²) in [4.78, 5) is 11.7. The van der Waals surface area contributed by atoms with Crippen LogP contribution in [0.3, 0.4) is 0 Å². The van der Waals surface area contributed by atoms with E-state index in [0.717, 1.165) is 22.3 Å². The molecule has 0 atom stereocenters. The molecule has 23 heavy (non-hydrogen) atoms. The Morgan fingerprint density at radius 1 is 1.22 bits per heavy atom. The van der Waals surface area contributed by atoms with E-state index in [1.54, 1.807) is 25.1 Å². The molecule has 0 saturated carbocycles. The minimum Gasteiger partial charge on any atom is -0.488 e. The highest BCUT2D eigenvalue weighted by Crippen LogP contribution is 2.38. The van der Waals surface area contributed by atoms with Gasteiger partial charge in [-0.3, -0.25) is 0 Å². The third kappa shape index (κ3) is 2.58. The monoisotopic (exact) mass is 305 g/mol. The number of hydrogen-bond acceptors (Lipinski definition) is 4. The second-order valence-electron chi connectivity index (χ2n) is 5.26. The highest BCUT2D eigenvalue weighted by atomic mass is 16.5. The topological polar surface area (TPSA) is 59.3 Å². The summed E-state index contributed by atoms with van der Waals surface area (Å²) in [6.45, 7) is 2.17. The fraction of sp³-hybridized carbons (Fsp3) is 0.158. The summed E-state index contributed by atoms with van der Waals surface area (Å²) in [7, 11) is 1.34. The molecular weight excluding hydrogens is 290 g/mol. The van der Waals surface area contributed by atoms with Gasteiger partial charge in [0, 0.05) is 16.7 Å². The van der Waals surface area contributed by atoms with Crippen molar-refractivity contribution in [2.75, 3.05) is 7.11 Å². The van der Waals surface area contributed by atoms with Gasteiger partial charge >= 0.3 is 5.97 Å². The lowest BCUT2D eigenvalue weighted by molar-refractivity contribution is 0.0600. The Hall–Kier alpha value is -3.06. The molecule has 0 unspecified atom stereocenters. The van der Waals surface area contributed by atoms with Crippen LogP contribution in [-0.4, -0.2) is 13.1 Å². The van der Waals surface area contributed by atoms with Gasteiger partial charge in [-0.05, 0) is 36.2 Å². The van der Waals surface area contributed by atoms with E-state index in [1.165, 1.54) is 7.11 Å². The lowest BCUT2D eigenvalue weighted by Gasteiger charge is -2.12. The predicted molar refractivity (Wildman–Crippen MR) is 85.9 cm³/mol. The van der Waals surface area contributed by atoms with Gasteiger partial charge in [0.1, 0.15) is 12.4 Å². The van der Waals surface area contributed by atoms with Gasteiger partial charge in [0.2, 0.25) is 0 Å². The summed E-state index contributed by atoms with van der Waals surface area (Å²) >= 11 is 0. The van der Waals surface area contributed by atoms with Gasteiger partial charge in [-0.15, -0.1) is 0 Å². The smallest absolute Gasteiger partial charge is 0.337 e. The van der Waals surface area contributed by atoms with E-state index < -0.39 is 5.97 Å². The molecule has 1 aliphatic heterocycles. The van der Waals surface area contributed by atoms with Crippen molar-refractivity contribution in [3.05, 3.63) is 70.3 Å². The fourth-order valence-corrected chi connectivity index (χ4v) is 2.74. The number of carbonyl (C=O) groups excluding carboxylic acids is 1. The Bertz CT molecular complexity index is 859. The standard InChI is InChI=1S/C19H15NO3/c1-12(10-20)18-15-6-4-3-5-14(15)11-23-17-9-13(19(21)22-2)7-8-16(17)18/h3-9H,11H2,1-2H3/b18-12+. The van der Waals surface area contributed by atoms with Crippen LogP contribution in [0.4, 0.5) is 0 Å². The first-order chi connectivity index (χ1) is 11.2. The van der Waals surface area contributed by atoms with Crippen LogP contribution in [-0.2, 0) is 11.3 Å². The van der Waals surface area contributed by atoms with Crippen LogP contribution in [0.25, 0.3) is 5.57 Å². The summed E-state index contributed by atoms with van der Waals surface area (Å²) in [6.07, 6.45) is 0. The predicted octanol–water partition coefficient (Wildman–Crippen LogP) is 3.71. The summed E-state index contributed by atoms with van der Waals surface area (Å²) < 4.78 is 10.6. The van der Waals surface area contributed by atoms with Gasteiger partial charge in [-0.25, -0.2) is 4.79 Å². The van der Waals surface area contributed by atoms with E-state index in [2.05, 4.69) is 6.07 Å². The van der Waals surface area contributed by atoms with Crippen LogP contribution in [0.1, 0.15) is 34.0 Å². The molecule has 4 nitrogen and oxygen atoms in total. The molecule has 0 fully saturated rings. The number of allylic oxidation sites excluding steroid dienone is 1. The Kier molecular flexibility index (Phi) is 3.86. The molecule has 2 aromatic carbocycles. The minimum absolute atomic E-state index is 0.385. The van der Waals surface area contributed by atoms with Crippen LogP contribution in [0.15, 0.2) is 48.0 Å². The van der Waals surface area contributed by atoms with Crippen LogP contribution < -0.4 is 4.74 Å². The van der Waals surface area contributed by atoms with Crippen molar-refractivity contribution in [1.29, 1.82) is 5.26 Å². The third-order valence-electron chi connectivity index (χ3n) is 3.88. The molecule has 4 heteroatoms. The SMILES string of the molecule is COC(=O)c1ccc2c(c1)OCc1ccccc1/C2=C(/C)C#N. The number of fused-ring (bicyclic) bond motifs is 2. The number of rotatable bonds is 1. The molecule has 0 radical (unpaired) electrons. The molecule has 2 aromatic rings. The number of carbonyl (C=O) groups is 1. The number of ether oxygens (including phenoxy) is 2. The molecule has 1 heterocycles. The van der Waals surface area contributed by atoms with E-state index in [0.29, 0.717) is 23.5 Å². The average molecular weight is 305 g/mol. The summed E-state index contributed by atoms with van der Waals surface area (Å²) in [5.74, 6) is 0.161. The molecular formula is C19H15NO3. The van der Waals surface area contributed by atoms with Gasteiger partial charge in [-0.2, -0.15) is 5.26 Å². The Morgan fingerprint density at radius 3 is 2.74 bits per heavy atom. The number of nitriles is 1. The molecule has 114 valence electrons. The average Bonchev–Trinajstić information content (AvgIpc) is 2.76. The molecule has 0 aliphatic carbocycles. The number of benzene rings is 2. The van der Waals surface area contributed by atoms with Crippen LogP contribution in [0.2, 0.25) is 0 Å². The molecule has 1 aliphatic rings. The van der Waals surface area contributed by atoms with Crippen molar-refractivity contribution in [3.8, 4) is 11.8 Å². The van der Waals surface area contributed by atoms with Crippen LogP contribution >= 0.6 is 0 Å². The number of methoxy groups -OCH3 is 1. The fourth-order valence-electron chi connectivity index (χ4n) is 2.74. The maximum absolute atomic E-state index is 11.7. The molecule has 0 spiro atoms. The maximum Gasteiger partial charge on any atom is 0.337 e. The van der Waals surface area contributed by atoms with Crippen LogP contribution in [0.5, 0.6) is 5.75 Å². The molecule has 0 bridgehead atoms. The van der Waals surface area contributed by atoms with Crippen molar-refractivity contribution in [2.45, 2.75) is 13.5 Å². The molecule has 0 saturated heterocycles. The van der Waals surface area contributed by atoms with Crippen LogP contribution in [0, 0.1) is 11.3 Å². The zero-order valence-electron chi connectivity index (χ0n) is 12.9. The lowest BCUT2D eigenvalue weighted by Crippen LogP contribution is -2.03. The lowest BCUT2D eigenvalue weighted by atomic mass is 9.90.